The van der Waals surface area contributed by atoms with Crippen LogP contribution in [0.4, 0.5) is 26.0 Å². The number of carbonyl (C=O) groups excluding carboxylic acids is 1. The van der Waals surface area contributed by atoms with Crippen molar-refractivity contribution in [2.75, 3.05) is 10.6 Å². The minimum atomic E-state index is -0.768. The maximum Gasteiger partial charge on any atom is 0.274 e. The van der Waals surface area contributed by atoms with E-state index in [4.69, 9.17) is 4.74 Å². The van der Waals surface area contributed by atoms with Gasteiger partial charge in [0.25, 0.3) is 5.91 Å². The Bertz CT molecular complexity index is 1020. The van der Waals surface area contributed by atoms with Crippen LogP contribution in [0.2, 0.25) is 0 Å². The fraction of sp³-hybridized carbons (Fsp3) is 0.190. The molecule has 2 N–H and O–H groups in total. The molecule has 0 aliphatic carbocycles. The maximum atomic E-state index is 13.9. The second kappa shape index (κ2) is 8.64. The van der Waals surface area contributed by atoms with Crippen LogP contribution in [0.25, 0.3) is 0 Å². The number of halogens is 2. The Labute approximate surface area is 167 Å². The number of nitrogens with zero attached hydrogens (tertiary/aromatic N) is 2. The Morgan fingerprint density at radius 1 is 1.03 bits per heavy atom. The molecule has 0 saturated heterocycles. The Balaban J connectivity index is 1.75. The number of nitrogens with one attached hydrogen (secondary N) is 2. The SMILES string of the molecule is Cc1nc(Nc2ccc(F)cc2F)cc(C(=O)Nc2ccc(OC(C)C)cc2)n1. The summed E-state index contributed by atoms with van der Waals surface area (Å²) < 4.78 is 32.5. The number of benzene rings is 2. The monoisotopic (exact) mass is 398 g/mol. The number of aromatic nitrogens is 2. The average molecular weight is 398 g/mol. The van der Waals surface area contributed by atoms with Crippen LogP contribution in [0.3, 0.4) is 0 Å². The highest BCUT2D eigenvalue weighted by atomic mass is 19.1. The Hall–Kier alpha value is -3.55. The third-order valence-corrected chi connectivity index (χ3v) is 3.75. The first kappa shape index (κ1) is 20.2. The minimum Gasteiger partial charge on any atom is -0.491 e. The van der Waals surface area contributed by atoms with Crippen molar-refractivity contribution in [1.29, 1.82) is 0 Å². The van der Waals surface area contributed by atoms with Crippen molar-refractivity contribution in [2.45, 2.75) is 26.9 Å². The number of hydrogen-bond donors (Lipinski definition) is 2. The third-order valence-electron chi connectivity index (χ3n) is 3.75. The molecular formula is C21H20F2N4O2. The summed E-state index contributed by atoms with van der Waals surface area (Å²) in [6.45, 7) is 5.47. The molecule has 1 aromatic heterocycles. The molecule has 0 aliphatic rings. The summed E-state index contributed by atoms with van der Waals surface area (Å²) in [5.74, 6) is -0.663. The summed E-state index contributed by atoms with van der Waals surface area (Å²) >= 11 is 0. The van der Waals surface area contributed by atoms with Crippen LogP contribution in [0, 0.1) is 18.6 Å². The number of ether oxygens (including phenoxy) is 1. The van der Waals surface area contributed by atoms with E-state index in [1.165, 1.54) is 12.1 Å². The molecule has 8 heteroatoms. The number of rotatable bonds is 6. The van der Waals surface area contributed by atoms with Crippen molar-refractivity contribution in [1.82, 2.24) is 9.97 Å². The van der Waals surface area contributed by atoms with Crippen LogP contribution in [0.15, 0.2) is 48.5 Å². The van der Waals surface area contributed by atoms with Crippen LogP contribution in [-0.2, 0) is 0 Å². The lowest BCUT2D eigenvalue weighted by Gasteiger charge is -2.11. The lowest BCUT2D eigenvalue weighted by Crippen LogP contribution is -2.15. The largest absolute Gasteiger partial charge is 0.491 e. The lowest BCUT2D eigenvalue weighted by atomic mass is 10.2. The Morgan fingerprint density at radius 3 is 2.41 bits per heavy atom. The van der Waals surface area contributed by atoms with Crippen LogP contribution in [0.5, 0.6) is 5.75 Å². The smallest absolute Gasteiger partial charge is 0.274 e. The average Bonchev–Trinajstić information content (AvgIpc) is 2.65. The van der Waals surface area contributed by atoms with Crippen LogP contribution < -0.4 is 15.4 Å². The number of carbonyl (C=O) groups is 1. The first-order valence-electron chi connectivity index (χ1n) is 8.96. The van der Waals surface area contributed by atoms with Gasteiger partial charge in [0.05, 0.1) is 11.8 Å². The molecule has 0 unspecified atom stereocenters. The molecule has 0 aliphatic heterocycles. The van der Waals surface area contributed by atoms with Crippen molar-refractivity contribution < 1.29 is 18.3 Å². The minimum absolute atomic E-state index is 0.0385. The van der Waals surface area contributed by atoms with E-state index in [-0.39, 0.29) is 23.3 Å². The van der Waals surface area contributed by atoms with E-state index in [0.717, 1.165) is 12.1 Å². The van der Waals surface area contributed by atoms with Crippen LogP contribution >= 0.6 is 0 Å². The Morgan fingerprint density at radius 2 is 1.76 bits per heavy atom. The van der Waals surface area contributed by atoms with Gasteiger partial charge in [-0.1, -0.05) is 0 Å². The molecule has 0 radical (unpaired) electrons. The van der Waals surface area contributed by atoms with Gasteiger partial charge in [-0.05, 0) is 57.2 Å². The van der Waals surface area contributed by atoms with Gasteiger partial charge in [-0.25, -0.2) is 18.7 Å². The highest BCUT2D eigenvalue weighted by Gasteiger charge is 2.13. The van der Waals surface area contributed by atoms with Gasteiger partial charge in [0.15, 0.2) is 0 Å². The highest BCUT2D eigenvalue weighted by molar-refractivity contribution is 6.03. The topological polar surface area (TPSA) is 76.1 Å². The summed E-state index contributed by atoms with van der Waals surface area (Å²) in [5, 5.41) is 5.48. The summed E-state index contributed by atoms with van der Waals surface area (Å²) in [6, 6.07) is 11.5. The molecular weight excluding hydrogens is 378 g/mol. The molecule has 2 aromatic carbocycles. The molecule has 0 bridgehead atoms. The van der Waals surface area contributed by atoms with Crippen LogP contribution in [0.1, 0.15) is 30.2 Å². The summed E-state index contributed by atoms with van der Waals surface area (Å²) in [6.07, 6.45) is 0.0521. The predicted octanol–water partition coefficient (Wildman–Crippen LogP) is 4.85. The van der Waals surface area contributed by atoms with Gasteiger partial charge in [0, 0.05) is 17.8 Å². The molecule has 3 rings (SSSR count). The van der Waals surface area contributed by atoms with Gasteiger partial charge in [-0.15, -0.1) is 0 Å². The quantitative estimate of drug-likeness (QED) is 0.621. The molecule has 150 valence electrons. The molecule has 1 heterocycles. The summed E-state index contributed by atoms with van der Waals surface area (Å²) in [5.41, 5.74) is 0.711. The van der Waals surface area contributed by atoms with Gasteiger partial charge in [0.1, 0.15) is 34.7 Å². The van der Waals surface area contributed by atoms with Gasteiger partial charge in [0.2, 0.25) is 0 Å². The zero-order valence-electron chi connectivity index (χ0n) is 16.2. The van der Waals surface area contributed by atoms with E-state index in [2.05, 4.69) is 20.6 Å². The molecule has 6 nitrogen and oxygen atoms in total. The fourth-order valence-corrected chi connectivity index (χ4v) is 2.56. The number of amides is 1. The molecule has 0 saturated carbocycles. The normalized spacial score (nSPS) is 10.7. The first-order chi connectivity index (χ1) is 13.8. The molecule has 3 aromatic rings. The van der Waals surface area contributed by atoms with Crippen molar-refractivity contribution in [2.24, 2.45) is 0 Å². The van der Waals surface area contributed by atoms with Gasteiger partial charge < -0.3 is 15.4 Å². The van der Waals surface area contributed by atoms with Crippen molar-refractivity contribution in [3.63, 3.8) is 0 Å². The summed E-state index contributed by atoms with van der Waals surface area (Å²) in [7, 11) is 0. The van der Waals surface area contributed by atoms with Gasteiger partial charge >= 0.3 is 0 Å². The van der Waals surface area contributed by atoms with Gasteiger partial charge in [-0.2, -0.15) is 0 Å². The number of anilines is 3. The second-order valence-electron chi connectivity index (χ2n) is 6.58. The fourth-order valence-electron chi connectivity index (χ4n) is 2.56. The zero-order chi connectivity index (χ0) is 21.0. The van der Waals surface area contributed by atoms with Crippen LogP contribution in [-0.4, -0.2) is 22.0 Å². The van der Waals surface area contributed by atoms with E-state index in [1.54, 1.807) is 31.2 Å². The van der Waals surface area contributed by atoms with Crippen molar-refractivity contribution >= 4 is 23.1 Å². The number of hydrogen-bond acceptors (Lipinski definition) is 5. The Kier molecular flexibility index (Phi) is 6.01. The van der Waals surface area contributed by atoms with Crippen molar-refractivity contribution in [3.05, 3.63) is 71.7 Å². The zero-order valence-corrected chi connectivity index (χ0v) is 16.2. The van der Waals surface area contributed by atoms with E-state index in [1.807, 2.05) is 13.8 Å². The summed E-state index contributed by atoms with van der Waals surface area (Å²) in [4.78, 5) is 20.8. The molecule has 1 amide bonds. The highest BCUT2D eigenvalue weighted by Crippen LogP contribution is 2.21. The third kappa shape index (κ3) is 5.47. The molecule has 0 atom stereocenters. The van der Waals surface area contributed by atoms with Crippen molar-refractivity contribution in [3.8, 4) is 5.75 Å². The second-order valence-corrected chi connectivity index (χ2v) is 6.58. The van der Waals surface area contributed by atoms with E-state index in [0.29, 0.717) is 17.3 Å². The number of aryl methyl sites for hydroxylation is 1. The van der Waals surface area contributed by atoms with E-state index < -0.39 is 17.5 Å². The molecule has 0 spiro atoms. The lowest BCUT2D eigenvalue weighted by molar-refractivity contribution is 0.102. The maximum absolute atomic E-state index is 13.9. The standard InChI is InChI=1S/C21H20F2N4O2/c1-12(2)29-16-7-5-15(6-8-16)26-21(28)19-11-20(25-13(3)24-19)27-18-9-4-14(22)10-17(18)23/h4-12H,1-3H3,(H,26,28)(H,24,25,27). The predicted molar refractivity (Wildman–Crippen MR) is 107 cm³/mol. The van der Waals surface area contributed by atoms with E-state index in [9.17, 15) is 13.6 Å². The molecule has 29 heavy (non-hydrogen) atoms. The van der Waals surface area contributed by atoms with Gasteiger partial charge in [-0.3, -0.25) is 4.79 Å². The molecule has 0 fully saturated rings. The van der Waals surface area contributed by atoms with E-state index >= 15 is 0 Å². The first-order valence-corrected chi connectivity index (χ1v) is 8.96.